The average Bonchev–Trinajstić information content (AvgIpc) is 3.28. The van der Waals surface area contributed by atoms with Gasteiger partial charge in [-0.15, -0.1) is 0 Å². The van der Waals surface area contributed by atoms with Crippen molar-refractivity contribution in [2.24, 2.45) is 0 Å². The van der Waals surface area contributed by atoms with E-state index in [0.29, 0.717) is 17.4 Å². The van der Waals surface area contributed by atoms with Crippen LogP contribution in [0.1, 0.15) is 252 Å². The molecule has 0 bridgehead atoms. The van der Waals surface area contributed by atoms with Crippen molar-refractivity contribution in [3.05, 3.63) is 48.6 Å². The van der Waals surface area contributed by atoms with Crippen LogP contribution in [0.2, 0.25) is 0 Å². The maximum atomic E-state index is 13.4. The van der Waals surface area contributed by atoms with Crippen LogP contribution in [0.3, 0.4) is 0 Å². The molecule has 9 nitrogen and oxygen atoms in total. The van der Waals surface area contributed by atoms with E-state index in [1.54, 1.807) is 0 Å². The molecule has 0 fully saturated rings. The summed E-state index contributed by atoms with van der Waals surface area (Å²) >= 11 is 0. The first-order valence-electron chi connectivity index (χ1n) is 27.9. The number of carbonyl (C=O) groups is 2. The molecule has 0 aromatic rings. The van der Waals surface area contributed by atoms with E-state index < -0.39 is 26.6 Å². The molecular formula is C57H107N2O7P. The molecule has 10 heteroatoms. The summed E-state index contributed by atoms with van der Waals surface area (Å²) in [6.07, 6.45) is 56.4. The second-order valence-electron chi connectivity index (χ2n) is 20.1. The molecule has 392 valence electrons. The van der Waals surface area contributed by atoms with Gasteiger partial charge in [0.2, 0.25) is 5.91 Å². The molecule has 1 N–H and O–H groups in total. The summed E-state index contributed by atoms with van der Waals surface area (Å²) in [4.78, 5) is 39.7. The molecule has 0 aliphatic heterocycles. The van der Waals surface area contributed by atoms with E-state index in [0.717, 1.165) is 83.5 Å². The number of ether oxygens (including phenoxy) is 1. The van der Waals surface area contributed by atoms with Gasteiger partial charge in [0.25, 0.3) is 7.82 Å². The number of phosphoric acid groups is 1. The van der Waals surface area contributed by atoms with E-state index in [9.17, 15) is 19.0 Å². The van der Waals surface area contributed by atoms with Crippen LogP contribution < -0.4 is 10.2 Å². The molecule has 0 radical (unpaired) electrons. The van der Waals surface area contributed by atoms with Crippen molar-refractivity contribution in [1.29, 1.82) is 0 Å². The summed E-state index contributed by atoms with van der Waals surface area (Å²) < 4.78 is 30.1. The summed E-state index contributed by atoms with van der Waals surface area (Å²) in [5.41, 5.74) is 0. The summed E-state index contributed by atoms with van der Waals surface area (Å²) in [6, 6.07) is -0.889. The molecule has 67 heavy (non-hydrogen) atoms. The molecule has 0 aromatic heterocycles. The zero-order valence-corrected chi connectivity index (χ0v) is 45.5. The number of hydrogen-bond donors (Lipinski definition) is 1. The van der Waals surface area contributed by atoms with Crippen LogP contribution in [0, 0.1) is 0 Å². The SMILES string of the molecule is CCCCC/C=C\C/C=C\C/C=C\CCCCCCCCC(=O)OC(/C=C/CCCCCCCCCCC)C(COP(=O)([O-])OCC[N+](C)(C)C)NC(=O)CCCCCCCCCCCCC. The molecular weight excluding hydrogens is 856 g/mol. The number of unbranched alkanes of at least 4 members (excludes halogenated alkanes) is 28. The summed E-state index contributed by atoms with van der Waals surface area (Å²) in [5, 5.41) is 3.01. The van der Waals surface area contributed by atoms with Crippen molar-refractivity contribution in [1.82, 2.24) is 5.32 Å². The maximum absolute atomic E-state index is 13.4. The Hall–Kier alpha value is -2.03. The Labute approximate surface area is 414 Å². The van der Waals surface area contributed by atoms with Gasteiger partial charge in [-0.1, -0.05) is 217 Å². The van der Waals surface area contributed by atoms with Gasteiger partial charge >= 0.3 is 5.97 Å². The number of quaternary nitrogens is 1. The Morgan fingerprint density at radius 1 is 0.522 bits per heavy atom. The molecule has 3 unspecified atom stereocenters. The van der Waals surface area contributed by atoms with Crippen LogP contribution >= 0.6 is 7.82 Å². The Balaban J connectivity index is 5.31. The first kappa shape index (κ1) is 65.0. The average molecular weight is 963 g/mol. The first-order valence-corrected chi connectivity index (χ1v) is 29.4. The highest BCUT2D eigenvalue weighted by Gasteiger charge is 2.27. The van der Waals surface area contributed by atoms with Gasteiger partial charge in [-0.05, 0) is 70.3 Å². The Morgan fingerprint density at radius 3 is 1.39 bits per heavy atom. The van der Waals surface area contributed by atoms with Crippen molar-refractivity contribution < 1.29 is 37.3 Å². The summed E-state index contributed by atoms with van der Waals surface area (Å²) in [5.74, 6) is -0.553. The van der Waals surface area contributed by atoms with Crippen molar-refractivity contribution >= 4 is 19.7 Å². The van der Waals surface area contributed by atoms with Crippen molar-refractivity contribution in [3.63, 3.8) is 0 Å². The summed E-state index contributed by atoms with van der Waals surface area (Å²) in [7, 11) is 1.18. The molecule has 3 atom stereocenters. The highest BCUT2D eigenvalue weighted by Crippen LogP contribution is 2.38. The van der Waals surface area contributed by atoms with Gasteiger partial charge in [0.1, 0.15) is 19.3 Å². The highest BCUT2D eigenvalue weighted by molar-refractivity contribution is 7.45. The number of nitrogens with zero attached hydrogens (tertiary/aromatic N) is 1. The van der Waals surface area contributed by atoms with Gasteiger partial charge < -0.3 is 28.5 Å². The van der Waals surface area contributed by atoms with E-state index >= 15 is 0 Å². The molecule has 0 heterocycles. The van der Waals surface area contributed by atoms with Crippen LogP contribution in [-0.2, 0) is 27.9 Å². The Kier molecular flexibility index (Phi) is 46.2. The van der Waals surface area contributed by atoms with E-state index in [1.165, 1.54) is 135 Å². The third-order valence-corrected chi connectivity index (χ3v) is 13.2. The van der Waals surface area contributed by atoms with Crippen LogP contribution in [0.15, 0.2) is 48.6 Å². The van der Waals surface area contributed by atoms with E-state index in [-0.39, 0.29) is 24.9 Å². The van der Waals surface area contributed by atoms with Gasteiger partial charge in [-0.25, -0.2) is 0 Å². The quantitative estimate of drug-likeness (QED) is 0.0212. The fraction of sp³-hybridized carbons (Fsp3) is 0.825. The van der Waals surface area contributed by atoms with Crippen LogP contribution in [0.4, 0.5) is 0 Å². The number of phosphoric ester groups is 1. The molecule has 0 spiro atoms. The van der Waals surface area contributed by atoms with Gasteiger partial charge in [0.05, 0.1) is 33.8 Å². The molecule has 0 saturated carbocycles. The lowest BCUT2D eigenvalue weighted by Crippen LogP contribution is -2.47. The zero-order valence-electron chi connectivity index (χ0n) is 44.6. The first-order chi connectivity index (χ1) is 32.4. The Bertz CT molecular complexity index is 1290. The normalized spacial score (nSPS) is 14.2. The molecule has 0 aromatic carbocycles. The molecule has 0 rings (SSSR count). The number of rotatable bonds is 50. The number of likely N-dealkylation sites (N-methyl/N-ethyl adjacent to an activating group) is 1. The fourth-order valence-corrected chi connectivity index (χ4v) is 8.60. The lowest BCUT2D eigenvalue weighted by atomic mass is 10.0. The molecule has 0 saturated heterocycles. The molecule has 0 aliphatic carbocycles. The smallest absolute Gasteiger partial charge is 0.306 e. The van der Waals surface area contributed by atoms with E-state index in [4.69, 9.17) is 13.8 Å². The van der Waals surface area contributed by atoms with Crippen LogP contribution in [0.5, 0.6) is 0 Å². The zero-order chi connectivity index (χ0) is 49.4. The number of hydrogen-bond acceptors (Lipinski definition) is 7. The monoisotopic (exact) mass is 963 g/mol. The number of esters is 1. The Morgan fingerprint density at radius 2 is 0.910 bits per heavy atom. The largest absolute Gasteiger partial charge is 0.756 e. The predicted molar refractivity (Wildman–Crippen MR) is 284 cm³/mol. The van der Waals surface area contributed by atoms with Gasteiger partial charge in [-0.3, -0.25) is 14.2 Å². The minimum absolute atomic E-state index is 0.0240. The highest BCUT2D eigenvalue weighted by atomic mass is 31.2. The fourth-order valence-electron chi connectivity index (χ4n) is 7.88. The lowest BCUT2D eigenvalue weighted by Gasteiger charge is -2.30. The third-order valence-electron chi connectivity index (χ3n) is 12.3. The van der Waals surface area contributed by atoms with Gasteiger partial charge in [-0.2, -0.15) is 0 Å². The third kappa shape index (κ3) is 48.8. The maximum Gasteiger partial charge on any atom is 0.306 e. The molecule has 0 aliphatic rings. The standard InChI is InChI=1S/C57H107N2O7P/c1-7-10-13-16-19-22-25-26-27-28-29-30-31-32-35-38-41-44-47-50-57(61)66-55(48-45-42-39-36-33-23-20-17-14-11-8-2)54(53-65-67(62,63)64-52-51-59(4,5)6)58-56(60)49-46-43-40-37-34-24-21-18-15-12-9-3/h19,22,26-27,29-30,45,48,54-55H,7-18,20-21,23-25,28,31-44,46-47,49-53H2,1-6H3,(H-,58,60,62,63)/b22-19-,27-26-,30-29-,48-45+. The predicted octanol–water partition coefficient (Wildman–Crippen LogP) is 15.9. The van der Waals surface area contributed by atoms with Crippen molar-refractivity contribution in [2.45, 2.75) is 264 Å². The van der Waals surface area contributed by atoms with Crippen molar-refractivity contribution in [2.75, 3.05) is 40.9 Å². The second kappa shape index (κ2) is 47.6. The number of carbonyl (C=O) groups excluding carboxylic acids is 2. The lowest BCUT2D eigenvalue weighted by molar-refractivity contribution is -0.870. The second-order valence-corrected chi connectivity index (χ2v) is 21.5. The number of nitrogens with one attached hydrogen (secondary N) is 1. The van der Waals surface area contributed by atoms with Gasteiger partial charge in [0, 0.05) is 12.8 Å². The number of allylic oxidation sites excluding steroid dienone is 7. The number of amides is 1. The topological polar surface area (TPSA) is 114 Å². The summed E-state index contributed by atoms with van der Waals surface area (Å²) in [6.45, 7) is 6.79. The van der Waals surface area contributed by atoms with Crippen LogP contribution in [-0.4, -0.2) is 69.4 Å². The van der Waals surface area contributed by atoms with Gasteiger partial charge in [0.15, 0.2) is 0 Å². The van der Waals surface area contributed by atoms with E-state index in [2.05, 4.69) is 62.5 Å². The minimum atomic E-state index is -4.69. The minimum Gasteiger partial charge on any atom is -0.756 e. The van der Waals surface area contributed by atoms with Crippen LogP contribution in [0.25, 0.3) is 0 Å². The molecule has 1 amide bonds. The van der Waals surface area contributed by atoms with E-state index in [1.807, 2.05) is 33.3 Å². The van der Waals surface area contributed by atoms with Crippen molar-refractivity contribution in [3.8, 4) is 0 Å².